The number of rotatable bonds is 6. The number of benzene rings is 1. The molecule has 122 valence electrons. The van der Waals surface area contributed by atoms with Gasteiger partial charge in [0.2, 0.25) is 0 Å². The second kappa shape index (κ2) is 7.37. The Bertz CT molecular complexity index is 581. The molecule has 0 unspecified atom stereocenters. The molecular weight excluding hydrogens is 317 g/mol. The number of ether oxygens (including phenoxy) is 1. The van der Waals surface area contributed by atoms with Crippen molar-refractivity contribution >= 4 is 25.4 Å². The lowest BCUT2D eigenvalue weighted by Crippen LogP contribution is -2.39. The summed E-state index contributed by atoms with van der Waals surface area (Å²) in [6.45, 7) is 1.34. The lowest BCUT2D eigenvalue weighted by Gasteiger charge is -2.27. The van der Waals surface area contributed by atoms with E-state index in [0.29, 0.717) is 11.3 Å². The number of hydrogen-bond acceptors (Lipinski definition) is 7. The molecule has 1 rings (SSSR count). The molecule has 22 heavy (non-hydrogen) atoms. The van der Waals surface area contributed by atoms with Gasteiger partial charge in [-0.3, -0.25) is 14.6 Å². The summed E-state index contributed by atoms with van der Waals surface area (Å²) in [6.07, 6.45) is 0. The van der Waals surface area contributed by atoms with Crippen molar-refractivity contribution in [3.05, 3.63) is 29.8 Å². The number of methoxy groups -OCH3 is 1. The summed E-state index contributed by atoms with van der Waals surface area (Å²) in [5, 5.41) is 1.08. The van der Waals surface area contributed by atoms with Crippen molar-refractivity contribution in [2.45, 2.75) is 13.0 Å². The third-order valence-corrected chi connectivity index (χ3v) is 3.06. The number of hydroxylamine groups is 1. The minimum Gasteiger partial charge on any atom is -0.465 e. The van der Waals surface area contributed by atoms with E-state index in [1.54, 1.807) is 0 Å². The molecule has 0 aliphatic rings. The van der Waals surface area contributed by atoms with Crippen LogP contribution in [0.5, 0.6) is 0 Å². The first-order chi connectivity index (χ1) is 10.2. The smallest absolute Gasteiger partial charge is 0.465 e. The third-order valence-electron chi connectivity index (χ3n) is 2.64. The van der Waals surface area contributed by atoms with Crippen LogP contribution < -0.4 is 5.06 Å². The highest BCUT2D eigenvalue weighted by Crippen LogP contribution is 2.36. The van der Waals surface area contributed by atoms with Crippen molar-refractivity contribution < 1.29 is 38.0 Å². The number of hydrogen-bond donors (Lipinski definition) is 2. The fourth-order valence-electron chi connectivity index (χ4n) is 1.64. The van der Waals surface area contributed by atoms with Crippen molar-refractivity contribution in [3.63, 3.8) is 0 Å². The zero-order valence-corrected chi connectivity index (χ0v) is 13.0. The summed E-state index contributed by atoms with van der Waals surface area (Å²) in [6, 6.07) is 4.75. The zero-order chi connectivity index (χ0) is 16.9. The van der Waals surface area contributed by atoms with Crippen LogP contribution in [0, 0.1) is 0 Å². The number of esters is 1. The van der Waals surface area contributed by atoms with Crippen LogP contribution in [0.3, 0.4) is 0 Å². The van der Waals surface area contributed by atoms with Gasteiger partial charge < -0.3 is 9.26 Å². The van der Waals surface area contributed by atoms with Crippen LogP contribution in [-0.4, -0.2) is 42.0 Å². The Morgan fingerprint density at radius 3 is 2.14 bits per heavy atom. The molecule has 0 aliphatic carbocycles. The molecule has 1 aromatic carbocycles. The summed E-state index contributed by atoms with van der Waals surface area (Å²) < 4.78 is 19.3. The third kappa shape index (κ3) is 4.81. The van der Waals surface area contributed by atoms with Gasteiger partial charge in [0.05, 0.1) is 25.5 Å². The molecule has 0 aromatic heterocycles. The van der Waals surface area contributed by atoms with Crippen LogP contribution >= 0.6 is 7.82 Å². The van der Waals surface area contributed by atoms with E-state index in [2.05, 4.69) is 9.26 Å². The van der Waals surface area contributed by atoms with Gasteiger partial charge in [0.25, 0.3) is 0 Å². The van der Waals surface area contributed by atoms with Gasteiger partial charge in [-0.1, -0.05) is 0 Å². The Kier molecular flexibility index (Phi) is 6.07. The van der Waals surface area contributed by atoms with Crippen molar-refractivity contribution in [2.24, 2.45) is 0 Å². The fourth-order valence-corrected chi connectivity index (χ4v) is 2.03. The van der Waals surface area contributed by atoms with Gasteiger partial charge in [-0.2, -0.15) is 0 Å². The lowest BCUT2D eigenvalue weighted by molar-refractivity contribution is -0.138. The Morgan fingerprint density at radius 1 is 1.18 bits per heavy atom. The van der Waals surface area contributed by atoms with E-state index in [1.807, 2.05) is 0 Å². The normalized spacial score (nSPS) is 12.4. The lowest BCUT2D eigenvalue weighted by atomic mass is 10.2. The first-order valence-electron chi connectivity index (χ1n) is 6.00. The van der Waals surface area contributed by atoms with E-state index < -0.39 is 25.8 Å². The fraction of sp³-hybridized carbons (Fsp3) is 0.333. The van der Waals surface area contributed by atoms with Gasteiger partial charge in [0.1, 0.15) is 0 Å². The van der Waals surface area contributed by atoms with E-state index in [1.165, 1.54) is 45.4 Å². The predicted molar refractivity (Wildman–Crippen MR) is 74.9 cm³/mol. The molecule has 0 heterocycles. The average molecular weight is 333 g/mol. The standard InChI is InChI=1S/C12H16NO8P/c1-8(11(14)21-22(16,17)18)13(20-3)10-6-4-9(5-7-10)12(15)19-2/h4-8H,1-3H3,(H2,16,17,18)/t8-/m0/s1. The van der Waals surface area contributed by atoms with E-state index in [9.17, 15) is 14.2 Å². The molecule has 0 fully saturated rings. The number of carbonyl (C=O) groups is 2. The van der Waals surface area contributed by atoms with Crippen molar-refractivity contribution in [2.75, 3.05) is 19.3 Å². The highest BCUT2D eigenvalue weighted by atomic mass is 31.2. The first-order valence-corrected chi connectivity index (χ1v) is 7.53. The van der Waals surface area contributed by atoms with E-state index in [4.69, 9.17) is 14.6 Å². The molecule has 2 N–H and O–H groups in total. The molecule has 10 heteroatoms. The summed E-state index contributed by atoms with van der Waals surface area (Å²) in [5.74, 6) is -1.68. The highest BCUT2D eigenvalue weighted by Gasteiger charge is 2.29. The maximum absolute atomic E-state index is 11.6. The van der Waals surface area contributed by atoms with Crippen molar-refractivity contribution in [3.8, 4) is 0 Å². The Hall–Kier alpha value is -1.93. The maximum Gasteiger partial charge on any atom is 0.527 e. The second-order valence-corrected chi connectivity index (χ2v) is 5.29. The summed E-state index contributed by atoms with van der Waals surface area (Å²) >= 11 is 0. The molecule has 0 spiro atoms. The monoisotopic (exact) mass is 333 g/mol. The quantitative estimate of drug-likeness (QED) is 0.443. The number of phosphoric ester groups is 1. The van der Waals surface area contributed by atoms with Gasteiger partial charge in [-0.25, -0.2) is 19.2 Å². The van der Waals surface area contributed by atoms with Gasteiger partial charge in [0.15, 0.2) is 6.04 Å². The first kappa shape index (κ1) is 18.1. The van der Waals surface area contributed by atoms with Crippen molar-refractivity contribution in [1.29, 1.82) is 0 Å². The van der Waals surface area contributed by atoms with Gasteiger partial charge >= 0.3 is 19.8 Å². The minimum atomic E-state index is -4.94. The maximum atomic E-state index is 11.6. The van der Waals surface area contributed by atoms with Crippen LogP contribution in [0.4, 0.5) is 5.69 Å². The zero-order valence-electron chi connectivity index (χ0n) is 12.1. The van der Waals surface area contributed by atoms with Crippen LogP contribution in [0.15, 0.2) is 24.3 Å². The van der Waals surface area contributed by atoms with E-state index in [-0.39, 0.29) is 0 Å². The van der Waals surface area contributed by atoms with E-state index in [0.717, 1.165) is 5.06 Å². The molecule has 0 aliphatic heterocycles. The SMILES string of the molecule is COC(=O)c1ccc(N(OC)[C@@H](C)C(=O)OP(=O)(O)O)cc1. The van der Waals surface area contributed by atoms with Crippen LogP contribution in [0.1, 0.15) is 17.3 Å². The van der Waals surface area contributed by atoms with Crippen molar-refractivity contribution in [1.82, 2.24) is 0 Å². The molecule has 1 atom stereocenters. The van der Waals surface area contributed by atoms with Gasteiger partial charge in [0, 0.05) is 0 Å². The summed E-state index contributed by atoms with van der Waals surface area (Å²) in [5.41, 5.74) is 0.679. The topological polar surface area (TPSA) is 123 Å². The Balaban J connectivity index is 2.93. The molecular formula is C12H16NO8P. The van der Waals surface area contributed by atoms with E-state index >= 15 is 0 Å². The predicted octanol–water partition coefficient (Wildman–Crippen LogP) is 0.865. The molecule has 0 saturated heterocycles. The van der Waals surface area contributed by atoms with Crippen LogP contribution in [0.25, 0.3) is 0 Å². The summed E-state index contributed by atoms with van der Waals surface area (Å²) in [4.78, 5) is 45.3. The molecule has 0 saturated carbocycles. The number of carbonyl (C=O) groups excluding carboxylic acids is 2. The molecule has 9 nitrogen and oxygen atoms in total. The number of anilines is 1. The molecule has 0 radical (unpaired) electrons. The highest BCUT2D eigenvalue weighted by molar-refractivity contribution is 7.46. The second-order valence-electron chi connectivity index (χ2n) is 4.12. The molecule has 0 bridgehead atoms. The number of phosphoric acid groups is 1. The Morgan fingerprint density at radius 2 is 1.73 bits per heavy atom. The largest absolute Gasteiger partial charge is 0.527 e. The Labute approximate surface area is 126 Å². The molecule has 0 amide bonds. The van der Waals surface area contributed by atoms with Crippen LogP contribution in [0.2, 0.25) is 0 Å². The van der Waals surface area contributed by atoms with Crippen LogP contribution in [-0.2, 0) is 23.5 Å². The minimum absolute atomic E-state index is 0.299. The van der Waals surface area contributed by atoms with Gasteiger partial charge in [-0.05, 0) is 31.2 Å². The average Bonchev–Trinajstić information content (AvgIpc) is 2.46. The number of nitrogens with zero attached hydrogens (tertiary/aromatic N) is 1. The molecule has 1 aromatic rings. The summed E-state index contributed by atoms with van der Waals surface area (Å²) in [7, 11) is -2.41. The van der Waals surface area contributed by atoms with Gasteiger partial charge in [-0.15, -0.1) is 0 Å².